The summed E-state index contributed by atoms with van der Waals surface area (Å²) >= 11 is 7.01. The Kier molecular flexibility index (Phi) is 4.73. The van der Waals surface area contributed by atoms with Gasteiger partial charge in [0, 0.05) is 15.4 Å². The summed E-state index contributed by atoms with van der Waals surface area (Å²) in [6, 6.07) is 27.5. The van der Waals surface area contributed by atoms with Crippen molar-refractivity contribution >= 4 is 43.3 Å². The van der Waals surface area contributed by atoms with Gasteiger partial charge in [-0.3, -0.25) is 5.01 Å². The van der Waals surface area contributed by atoms with Crippen molar-refractivity contribution < 1.29 is 0 Å². The summed E-state index contributed by atoms with van der Waals surface area (Å²) in [7, 11) is 0. The van der Waals surface area contributed by atoms with Crippen molar-refractivity contribution in [1.82, 2.24) is 0 Å². The molecule has 0 fully saturated rings. The molecule has 3 aromatic carbocycles. The predicted octanol–water partition coefficient (Wildman–Crippen LogP) is 6.57. The van der Waals surface area contributed by atoms with Crippen LogP contribution in [-0.4, -0.2) is 5.71 Å². The highest BCUT2D eigenvalue weighted by Crippen LogP contribution is 2.37. The van der Waals surface area contributed by atoms with Crippen LogP contribution in [0.4, 0.5) is 5.69 Å². The van der Waals surface area contributed by atoms with Crippen molar-refractivity contribution in [1.29, 1.82) is 0 Å². The van der Waals surface area contributed by atoms with E-state index in [2.05, 4.69) is 116 Å². The van der Waals surface area contributed by atoms with E-state index in [9.17, 15) is 0 Å². The van der Waals surface area contributed by atoms with Gasteiger partial charge in [0.1, 0.15) is 0 Å². The van der Waals surface area contributed by atoms with Gasteiger partial charge in [0.25, 0.3) is 0 Å². The molecule has 0 amide bonds. The zero-order valence-electron chi connectivity index (χ0n) is 13.4. The van der Waals surface area contributed by atoms with Crippen LogP contribution in [-0.2, 0) is 0 Å². The molecule has 124 valence electrons. The van der Waals surface area contributed by atoms with E-state index in [1.165, 1.54) is 11.1 Å². The first-order valence-electron chi connectivity index (χ1n) is 8.14. The third-order valence-corrected chi connectivity index (χ3v) is 5.42. The number of hydrogen-bond acceptors (Lipinski definition) is 2. The van der Waals surface area contributed by atoms with Gasteiger partial charge in [-0.2, -0.15) is 5.10 Å². The molecule has 0 saturated carbocycles. The van der Waals surface area contributed by atoms with Crippen molar-refractivity contribution in [3.8, 4) is 0 Å². The number of hydrazone groups is 1. The predicted molar refractivity (Wildman–Crippen MR) is 111 cm³/mol. The van der Waals surface area contributed by atoms with Crippen LogP contribution in [0.3, 0.4) is 0 Å². The zero-order valence-corrected chi connectivity index (χ0v) is 16.6. The number of halogens is 2. The van der Waals surface area contributed by atoms with Crippen LogP contribution in [0.25, 0.3) is 0 Å². The Morgan fingerprint density at radius 1 is 0.760 bits per heavy atom. The second-order valence-corrected chi connectivity index (χ2v) is 7.84. The van der Waals surface area contributed by atoms with Crippen LogP contribution < -0.4 is 5.01 Å². The number of rotatable bonds is 3. The summed E-state index contributed by atoms with van der Waals surface area (Å²) in [5.41, 5.74) is 4.67. The third kappa shape index (κ3) is 3.55. The van der Waals surface area contributed by atoms with E-state index in [-0.39, 0.29) is 6.04 Å². The standard InChI is InChI=1S/C21H16Br2N2/c22-17-8-6-15(7-9-17)20-14-21(16-4-2-1-3-5-16)25(24-20)19-12-10-18(23)11-13-19/h1-13,21H,14H2. The van der Waals surface area contributed by atoms with Crippen LogP contribution in [0.15, 0.2) is 92.9 Å². The van der Waals surface area contributed by atoms with Gasteiger partial charge < -0.3 is 0 Å². The van der Waals surface area contributed by atoms with E-state index >= 15 is 0 Å². The molecule has 1 aliphatic heterocycles. The van der Waals surface area contributed by atoms with E-state index < -0.39 is 0 Å². The maximum atomic E-state index is 4.97. The van der Waals surface area contributed by atoms with Gasteiger partial charge in [-0.25, -0.2) is 0 Å². The number of benzene rings is 3. The largest absolute Gasteiger partial charge is 0.257 e. The fourth-order valence-corrected chi connectivity index (χ4v) is 3.62. The first-order chi connectivity index (χ1) is 12.2. The van der Waals surface area contributed by atoms with Crippen LogP contribution in [0.5, 0.6) is 0 Å². The summed E-state index contributed by atoms with van der Waals surface area (Å²) < 4.78 is 2.16. The molecular weight excluding hydrogens is 440 g/mol. The minimum absolute atomic E-state index is 0.209. The highest BCUT2D eigenvalue weighted by atomic mass is 79.9. The number of nitrogens with zero attached hydrogens (tertiary/aromatic N) is 2. The van der Waals surface area contributed by atoms with Crippen molar-refractivity contribution in [2.45, 2.75) is 12.5 Å². The van der Waals surface area contributed by atoms with E-state index in [1.54, 1.807) is 0 Å². The molecule has 0 N–H and O–H groups in total. The van der Waals surface area contributed by atoms with Crippen molar-refractivity contribution in [2.24, 2.45) is 5.10 Å². The van der Waals surface area contributed by atoms with E-state index in [1.807, 2.05) is 0 Å². The molecular formula is C21H16Br2N2. The van der Waals surface area contributed by atoms with Gasteiger partial charge in [-0.05, 0) is 47.5 Å². The Labute approximate surface area is 164 Å². The van der Waals surface area contributed by atoms with Crippen molar-refractivity contribution in [2.75, 3.05) is 5.01 Å². The minimum atomic E-state index is 0.209. The average molecular weight is 456 g/mol. The van der Waals surface area contributed by atoms with Crippen LogP contribution >= 0.6 is 31.9 Å². The molecule has 1 aliphatic rings. The van der Waals surface area contributed by atoms with E-state index in [4.69, 9.17) is 5.10 Å². The van der Waals surface area contributed by atoms with Crippen molar-refractivity contribution in [3.05, 3.63) is 98.9 Å². The highest BCUT2D eigenvalue weighted by molar-refractivity contribution is 9.10. The minimum Gasteiger partial charge on any atom is -0.257 e. The Hall–Kier alpha value is -1.91. The molecule has 25 heavy (non-hydrogen) atoms. The molecule has 0 aliphatic carbocycles. The summed E-state index contributed by atoms with van der Waals surface area (Å²) in [4.78, 5) is 0. The topological polar surface area (TPSA) is 15.6 Å². The highest BCUT2D eigenvalue weighted by Gasteiger charge is 2.29. The smallest absolute Gasteiger partial charge is 0.0831 e. The molecule has 1 heterocycles. The molecule has 0 radical (unpaired) electrons. The lowest BCUT2D eigenvalue weighted by Crippen LogP contribution is -2.18. The first-order valence-corrected chi connectivity index (χ1v) is 9.72. The molecule has 0 saturated heterocycles. The zero-order chi connectivity index (χ0) is 17.2. The molecule has 3 aromatic rings. The molecule has 1 atom stereocenters. The van der Waals surface area contributed by atoms with Gasteiger partial charge in [0.2, 0.25) is 0 Å². The monoisotopic (exact) mass is 454 g/mol. The number of hydrogen-bond donors (Lipinski definition) is 0. The average Bonchev–Trinajstić information content (AvgIpc) is 3.09. The fraction of sp³-hybridized carbons (Fsp3) is 0.0952. The maximum Gasteiger partial charge on any atom is 0.0831 e. The third-order valence-electron chi connectivity index (χ3n) is 4.36. The van der Waals surface area contributed by atoms with E-state index in [0.717, 1.165) is 26.8 Å². The van der Waals surface area contributed by atoms with Crippen LogP contribution in [0, 0.1) is 0 Å². The van der Waals surface area contributed by atoms with Gasteiger partial charge in [0.05, 0.1) is 17.4 Å². The Bertz CT molecular complexity index is 887. The molecule has 0 aromatic heterocycles. The second-order valence-electron chi connectivity index (χ2n) is 6.01. The maximum absolute atomic E-state index is 4.97. The first kappa shape index (κ1) is 16.6. The van der Waals surface area contributed by atoms with Gasteiger partial charge in [0.15, 0.2) is 0 Å². The molecule has 0 bridgehead atoms. The lowest BCUT2D eigenvalue weighted by Gasteiger charge is -2.24. The van der Waals surface area contributed by atoms with E-state index in [0.29, 0.717) is 0 Å². The summed E-state index contributed by atoms with van der Waals surface area (Å²) in [6.45, 7) is 0. The van der Waals surface area contributed by atoms with Crippen molar-refractivity contribution in [3.63, 3.8) is 0 Å². The molecule has 4 heteroatoms. The summed E-state index contributed by atoms with van der Waals surface area (Å²) in [5, 5.41) is 7.10. The molecule has 4 rings (SSSR count). The van der Waals surface area contributed by atoms with Gasteiger partial charge in [-0.15, -0.1) is 0 Å². The fourth-order valence-electron chi connectivity index (χ4n) is 3.09. The molecule has 0 spiro atoms. The van der Waals surface area contributed by atoms with Crippen LogP contribution in [0.1, 0.15) is 23.6 Å². The molecule has 1 unspecified atom stereocenters. The van der Waals surface area contributed by atoms with Gasteiger partial charge >= 0.3 is 0 Å². The lowest BCUT2D eigenvalue weighted by atomic mass is 9.98. The lowest BCUT2D eigenvalue weighted by molar-refractivity contribution is 0.709. The summed E-state index contributed by atoms with van der Waals surface area (Å²) in [6.07, 6.45) is 0.891. The normalized spacial score (nSPS) is 16.8. The second kappa shape index (κ2) is 7.14. The SMILES string of the molecule is Brc1ccc(C2=NN(c3ccc(Br)cc3)C(c3ccccc3)C2)cc1. The van der Waals surface area contributed by atoms with Gasteiger partial charge in [-0.1, -0.05) is 74.3 Å². The number of anilines is 1. The quantitative estimate of drug-likeness (QED) is 0.436. The Balaban J connectivity index is 1.74. The Morgan fingerprint density at radius 3 is 2.00 bits per heavy atom. The molecule has 2 nitrogen and oxygen atoms in total. The Morgan fingerprint density at radius 2 is 1.36 bits per heavy atom. The summed E-state index contributed by atoms with van der Waals surface area (Å²) in [5.74, 6) is 0. The van der Waals surface area contributed by atoms with Crippen LogP contribution in [0.2, 0.25) is 0 Å².